The van der Waals surface area contributed by atoms with Gasteiger partial charge in [0.25, 0.3) is 0 Å². The minimum Gasteiger partial charge on any atom is -0.508 e. The number of para-hydroxylation sites is 1. The van der Waals surface area contributed by atoms with Gasteiger partial charge in [0.2, 0.25) is 0 Å². The van der Waals surface area contributed by atoms with Crippen molar-refractivity contribution in [3.05, 3.63) is 30.3 Å². The molecule has 0 aliphatic heterocycles. The summed E-state index contributed by atoms with van der Waals surface area (Å²) >= 11 is 0. The Balaban J connectivity index is 0. The maximum absolute atomic E-state index is 8.63. The maximum Gasteiger partial charge on any atom is 0.373 e. The summed E-state index contributed by atoms with van der Waals surface area (Å²) < 4.78 is 0. The Labute approximate surface area is 107 Å². The van der Waals surface area contributed by atoms with Gasteiger partial charge in [0.15, 0.2) is 0 Å². The summed E-state index contributed by atoms with van der Waals surface area (Å²) in [7, 11) is 0. The van der Waals surface area contributed by atoms with Crippen LogP contribution in [0.4, 0.5) is 0 Å². The molecule has 53 valence electrons. The van der Waals surface area contributed by atoms with Crippen LogP contribution in [0, 0.1) is 0 Å². The number of phenols is 1. The summed E-state index contributed by atoms with van der Waals surface area (Å²) in [6.45, 7) is 0. The molecule has 0 fully saturated rings. The summed E-state index contributed by atoms with van der Waals surface area (Å²) in [4.78, 5) is 16.2. The first-order chi connectivity index (χ1) is 4.81. The van der Waals surface area contributed by atoms with Crippen LogP contribution in [0.1, 0.15) is 0 Å². The Kier molecular flexibility index (Phi) is 12.4. The van der Waals surface area contributed by atoms with E-state index in [0.717, 1.165) is 0 Å². The number of benzene rings is 1. The second-order valence-corrected chi connectivity index (χ2v) is 1.42. The zero-order valence-electron chi connectivity index (χ0n) is 6.15. The van der Waals surface area contributed by atoms with E-state index in [1.54, 1.807) is 24.3 Å². The topological polar surface area (TPSA) is 54.4 Å². The predicted octanol–water partition coefficient (Wildman–Crippen LogP) is 0.428. The average Bonchev–Trinajstić information content (AvgIpc) is 1.91. The quantitative estimate of drug-likeness (QED) is 0.584. The molecule has 0 aliphatic carbocycles. The molecule has 1 N–H and O–H groups in total. The van der Waals surface area contributed by atoms with Crippen molar-refractivity contribution in [2.24, 2.45) is 0 Å². The SMILES string of the molecule is O=C=O.Oc1ccccc1.[K]. The summed E-state index contributed by atoms with van der Waals surface area (Å²) in [6.07, 6.45) is 0.250. The van der Waals surface area contributed by atoms with Crippen LogP contribution in [0.3, 0.4) is 0 Å². The number of hydrogen-bond donors (Lipinski definition) is 1. The molecule has 0 unspecified atom stereocenters. The fraction of sp³-hybridized carbons (Fsp3) is 0. The molecule has 0 aromatic heterocycles. The van der Waals surface area contributed by atoms with Crippen LogP contribution in [-0.2, 0) is 9.59 Å². The second kappa shape index (κ2) is 10.0. The third kappa shape index (κ3) is 10.0. The van der Waals surface area contributed by atoms with Crippen molar-refractivity contribution in [1.82, 2.24) is 0 Å². The van der Waals surface area contributed by atoms with Gasteiger partial charge in [-0.25, -0.2) is 0 Å². The molecule has 4 heteroatoms. The number of carbonyl (C=O) groups excluding carboxylic acids is 2. The van der Waals surface area contributed by atoms with E-state index in [0.29, 0.717) is 5.75 Å². The molecule has 0 aliphatic rings. The van der Waals surface area contributed by atoms with E-state index in [9.17, 15) is 0 Å². The molecule has 0 atom stereocenters. The van der Waals surface area contributed by atoms with Crippen molar-refractivity contribution in [1.29, 1.82) is 0 Å². The molecular formula is C7H6KO3. The normalized spacial score (nSPS) is 6.18. The Morgan fingerprint density at radius 3 is 1.64 bits per heavy atom. The zero-order valence-corrected chi connectivity index (χ0v) is 9.27. The van der Waals surface area contributed by atoms with Crippen molar-refractivity contribution in [2.45, 2.75) is 0 Å². The van der Waals surface area contributed by atoms with Crippen molar-refractivity contribution >= 4 is 57.5 Å². The monoisotopic (exact) mass is 177 g/mol. The first kappa shape index (κ1) is 13.6. The van der Waals surface area contributed by atoms with Gasteiger partial charge in [0.1, 0.15) is 5.75 Å². The van der Waals surface area contributed by atoms with Gasteiger partial charge in [-0.1, -0.05) is 18.2 Å². The standard InChI is InChI=1S/C6H6O.CO2.K/c7-6-4-2-1-3-5-6;2-1-3;/h1-5,7H;;. The number of phenolic OH excluding ortho intramolecular Hbond substituents is 1. The average molecular weight is 177 g/mol. The third-order valence-corrected chi connectivity index (χ3v) is 0.756. The van der Waals surface area contributed by atoms with E-state index in [1.807, 2.05) is 6.07 Å². The number of rotatable bonds is 0. The van der Waals surface area contributed by atoms with Gasteiger partial charge in [-0.15, -0.1) is 0 Å². The Morgan fingerprint density at radius 1 is 1.09 bits per heavy atom. The Morgan fingerprint density at radius 2 is 1.45 bits per heavy atom. The second-order valence-electron chi connectivity index (χ2n) is 1.42. The molecule has 1 radical (unpaired) electrons. The Bertz CT molecular complexity index is 204. The largest absolute Gasteiger partial charge is 0.508 e. The molecular weight excluding hydrogens is 171 g/mol. The fourth-order valence-electron chi connectivity index (χ4n) is 0.428. The molecule has 0 bridgehead atoms. The van der Waals surface area contributed by atoms with E-state index >= 15 is 0 Å². The van der Waals surface area contributed by atoms with Crippen molar-refractivity contribution in [3.8, 4) is 5.75 Å². The summed E-state index contributed by atoms with van der Waals surface area (Å²) in [5.74, 6) is 0.322. The molecule has 0 saturated heterocycles. The summed E-state index contributed by atoms with van der Waals surface area (Å²) in [5.41, 5.74) is 0. The summed E-state index contributed by atoms with van der Waals surface area (Å²) in [6, 6.07) is 8.71. The van der Waals surface area contributed by atoms with Crippen LogP contribution < -0.4 is 0 Å². The van der Waals surface area contributed by atoms with Gasteiger partial charge < -0.3 is 5.11 Å². The van der Waals surface area contributed by atoms with Gasteiger partial charge in [0, 0.05) is 51.4 Å². The first-order valence-corrected chi connectivity index (χ1v) is 2.54. The van der Waals surface area contributed by atoms with E-state index in [-0.39, 0.29) is 57.5 Å². The van der Waals surface area contributed by atoms with Crippen LogP contribution in [0.2, 0.25) is 0 Å². The van der Waals surface area contributed by atoms with Crippen molar-refractivity contribution in [3.63, 3.8) is 0 Å². The van der Waals surface area contributed by atoms with Crippen LogP contribution in [0.5, 0.6) is 5.75 Å². The molecule has 0 amide bonds. The van der Waals surface area contributed by atoms with Crippen molar-refractivity contribution < 1.29 is 14.7 Å². The molecule has 3 nitrogen and oxygen atoms in total. The predicted molar refractivity (Wildman–Crippen MR) is 38.9 cm³/mol. The van der Waals surface area contributed by atoms with Crippen LogP contribution in [0.15, 0.2) is 30.3 Å². The van der Waals surface area contributed by atoms with E-state index in [2.05, 4.69) is 0 Å². The number of aromatic hydroxyl groups is 1. The van der Waals surface area contributed by atoms with Gasteiger partial charge in [0.05, 0.1) is 0 Å². The number of hydrogen-bond acceptors (Lipinski definition) is 3. The molecule has 0 spiro atoms. The Hall–Kier alpha value is 0.0364. The fourth-order valence-corrected chi connectivity index (χ4v) is 0.428. The van der Waals surface area contributed by atoms with E-state index < -0.39 is 0 Å². The summed E-state index contributed by atoms with van der Waals surface area (Å²) in [5, 5.41) is 8.63. The van der Waals surface area contributed by atoms with E-state index in [1.165, 1.54) is 0 Å². The van der Waals surface area contributed by atoms with Crippen molar-refractivity contribution in [2.75, 3.05) is 0 Å². The van der Waals surface area contributed by atoms with Crippen LogP contribution >= 0.6 is 0 Å². The van der Waals surface area contributed by atoms with Crippen LogP contribution in [-0.4, -0.2) is 62.6 Å². The van der Waals surface area contributed by atoms with Gasteiger partial charge in [-0.2, -0.15) is 9.59 Å². The molecule has 0 saturated carbocycles. The molecule has 11 heavy (non-hydrogen) atoms. The minimum atomic E-state index is 0. The third-order valence-electron chi connectivity index (χ3n) is 0.756. The molecule has 1 aromatic carbocycles. The van der Waals surface area contributed by atoms with Crippen LogP contribution in [0.25, 0.3) is 0 Å². The molecule has 0 heterocycles. The molecule has 1 aromatic rings. The smallest absolute Gasteiger partial charge is 0.373 e. The first-order valence-electron chi connectivity index (χ1n) is 2.54. The van der Waals surface area contributed by atoms with Gasteiger partial charge in [-0.05, 0) is 12.1 Å². The minimum absolute atomic E-state index is 0. The van der Waals surface area contributed by atoms with Gasteiger partial charge >= 0.3 is 6.15 Å². The van der Waals surface area contributed by atoms with Gasteiger partial charge in [-0.3, -0.25) is 0 Å². The zero-order chi connectivity index (χ0) is 7.82. The van der Waals surface area contributed by atoms with E-state index in [4.69, 9.17) is 14.7 Å². The maximum atomic E-state index is 8.63. The molecule has 1 rings (SSSR count).